The third kappa shape index (κ3) is 3.81. The number of aryl methyl sites for hydroxylation is 2. The SMILES string of the molecule is Cc1cc(C)n(CC(=O)NC(CN)c2ccc3ccccc3c2)c(=O)n1. The van der Waals surface area contributed by atoms with Crippen LogP contribution in [0.25, 0.3) is 10.8 Å². The zero-order chi connectivity index (χ0) is 18.7. The number of hydrogen-bond acceptors (Lipinski definition) is 4. The van der Waals surface area contributed by atoms with Gasteiger partial charge in [0.1, 0.15) is 6.54 Å². The molecular weight excluding hydrogens is 328 g/mol. The third-order valence-electron chi connectivity index (χ3n) is 4.39. The van der Waals surface area contributed by atoms with Gasteiger partial charge in [0.2, 0.25) is 5.91 Å². The van der Waals surface area contributed by atoms with E-state index in [-0.39, 0.29) is 25.0 Å². The van der Waals surface area contributed by atoms with Gasteiger partial charge in [-0.2, -0.15) is 4.98 Å². The van der Waals surface area contributed by atoms with Crippen molar-refractivity contribution in [3.63, 3.8) is 0 Å². The van der Waals surface area contributed by atoms with Crippen molar-refractivity contribution in [1.82, 2.24) is 14.9 Å². The maximum Gasteiger partial charge on any atom is 0.348 e. The highest BCUT2D eigenvalue weighted by Crippen LogP contribution is 2.20. The summed E-state index contributed by atoms with van der Waals surface area (Å²) in [7, 11) is 0. The number of fused-ring (bicyclic) bond motifs is 1. The van der Waals surface area contributed by atoms with Crippen LogP contribution in [0.5, 0.6) is 0 Å². The Hall–Kier alpha value is -2.99. The monoisotopic (exact) mass is 350 g/mol. The summed E-state index contributed by atoms with van der Waals surface area (Å²) in [6, 6.07) is 15.5. The second-order valence-corrected chi connectivity index (χ2v) is 6.37. The number of nitrogens with zero attached hydrogens (tertiary/aromatic N) is 2. The van der Waals surface area contributed by atoms with E-state index in [0.29, 0.717) is 11.4 Å². The Morgan fingerprint density at radius 1 is 1.15 bits per heavy atom. The van der Waals surface area contributed by atoms with Crippen molar-refractivity contribution in [2.75, 3.05) is 6.54 Å². The molecule has 0 aliphatic heterocycles. The summed E-state index contributed by atoms with van der Waals surface area (Å²) < 4.78 is 1.36. The lowest BCUT2D eigenvalue weighted by Crippen LogP contribution is -2.38. The molecule has 0 saturated carbocycles. The van der Waals surface area contributed by atoms with Gasteiger partial charge in [0.05, 0.1) is 6.04 Å². The van der Waals surface area contributed by atoms with Crippen LogP contribution in [-0.2, 0) is 11.3 Å². The van der Waals surface area contributed by atoms with E-state index in [4.69, 9.17) is 5.73 Å². The van der Waals surface area contributed by atoms with E-state index < -0.39 is 5.69 Å². The molecule has 3 aromatic rings. The third-order valence-corrected chi connectivity index (χ3v) is 4.39. The maximum absolute atomic E-state index is 12.5. The van der Waals surface area contributed by atoms with Gasteiger partial charge in [0.15, 0.2) is 0 Å². The first kappa shape index (κ1) is 17.8. The molecule has 0 radical (unpaired) electrons. The van der Waals surface area contributed by atoms with E-state index in [0.717, 1.165) is 16.3 Å². The molecule has 6 nitrogen and oxygen atoms in total. The molecule has 1 heterocycles. The Balaban J connectivity index is 1.79. The Bertz CT molecular complexity index is 1010. The predicted molar refractivity (Wildman–Crippen MR) is 102 cm³/mol. The molecule has 0 saturated heterocycles. The Kier molecular flexibility index (Phi) is 5.14. The Morgan fingerprint density at radius 2 is 1.88 bits per heavy atom. The molecule has 134 valence electrons. The molecule has 1 atom stereocenters. The molecule has 1 unspecified atom stereocenters. The van der Waals surface area contributed by atoms with Gasteiger partial charge in [-0.25, -0.2) is 4.79 Å². The van der Waals surface area contributed by atoms with Crippen molar-refractivity contribution in [1.29, 1.82) is 0 Å². The van der Waals surface area contributed by atoms with Crippen LogP contribution >= 0.6 is 0 Å². The number of benzene rings is 2. The van der Waals surface area contributed by atoms with Crippen LogP contribution in [0.4, 0.5) is 0 Å². The van der Waals surface area contributed by atoms with Crippen LogP contribution in [0.2, 0.25) is 0 Å². The second-order valence-electron chi connectivity index (χ2n) is 6.37. The molecule has 3 rings (SSSR count). The van der Waals surface area contributed by atoms with Gasteiger partial charge in [-0.1, -0.05) is 36.4 Å². The molecule has 1 aromatic heterocycles. The molecule has 26 heavy (non-hydrogen) atoms. The summed E-state index contributed by atoms with van der Waals surface area (Å²) in [6.45, 7) is 3.72. The molecule has 0 spiro atoms. The summed E-state index contributed by atoms with van der Waals surface area (Å²) >= 11 is 0. The Labute approximate surface area is 151 Å². The normalized spacial score (nSPS) is 12.1. The summed E-state index contributed by atoms with van der Waals surface area (Å²) in [5.41, 5.74) is 7.73. The molecule has 0 aliphatic carbocycles. The van der Waals surface area contributed by atoms with Gasteiger partial charge in [-0.05, 0) is 42.3 Å². The van der Waals surface area contributed by atoms with Gasteiger partial charge in [-0.15, -0.1) is 0 Å². The van der Waals surface area contributed by atoms with Crippen molar-refractivity contribution in [2.45, 2.75) is 26.4 Å². The quantitative estimate of drug-likeness (QED) is 0.734. The van der Waals surface area contributed by atoms with Gasteiger partial charge in [0, 0.05) is 17.9 Å². The van der Waals surface area contributed by atoms with Gasteiger partial charge in [0.25, 0.3) is 0 Å². The highest BCUT2D eigenvalue weighted by molar-refractivity contribution is 5.83. The van der Waals surface area contributed by atoms with E-state index in [2.05, 4.69) is 10.3 Å². The van der Waals surface area contributed by atoms with Gasteiger partial charge in [-0.3, -0.25) is 9.36 Å². The average Bonchev–Trinajstić information content (AvgIpc) is 2.62. The van der Waals surface area contributed by atoms with Crippen LogP contribution < -0.4 is 16.7 Å². The first-order valence-electron chi connectivity index (χ1n) is 8.51. The largest absolute Gasteiger partial charge is 0.348 e. The van der Waals surface area contributed by atoms with Crippen molar-refractivity contribution in [3.05, 3.63) is 76.0 Å². The first-order valence-corrected chi connectivity index (χ1v) is 8.51. The molecule has 0 fully saturated rings. The van der Waals surface area contributed by atoms with Gasteiger partial charge >= 0.3 is 5.69 Å². The number of nitrogens with one attached hydrogen (secondary N) is 1. The lowest BCUT2D eigenvalue weighted by Gasteiger charge is -2.19. The molecule has 0 bridgehead atoms. The van der Waals surface area contributed by atoms with Crippen molar-refractivity contribution >= 4 is 16.7 Å². The fraction of sp³-hybridized carbons (Fsp3) is 0.250. The van der Waals surface area contributed by atoms with Crippen molar-refractivity contribution < 1.29 is 4.79 Å². The fourth-order valence-electron chi connectivity index (χ4n) is 3.05. The summed E-state index contributed by atoms with van der Waals surface area (Å²) in [6.07, 6.45) is 0. The van der Waals surface area contributed by atoms with Crippen LogP contribution in [-0.4, -0.2) is 22.0 Å². The van der Waals surface area contributed by atoms with E-state index in [1.54, 1.807) is 19.9 Å². The number of carbonyl (C=O) groups is 1. The standard InChI is InChI=1S/C20H22N4O2/c1-13-9-14(2)24(20(26)22-13)12-19(25)23-18(11-21)17-8-7-15-5-3-4-6-16(15)10-17/h3-10,18H,11-12,21H2,1-2H3,(H,23,25). The Morgan fingerprint density at radius 3 is 2.58 bits per heavy atom. The lowest BCUT2D eigenvalue weighted by atomic mass is 10.0. The topological polar surface area (TPSA) is 90.0 Å². The van der Waals surface area contributed by atoms with Gasteiger partial charge < -0.3 is 11.1 Å². The van der Waals surface area contributed by atoms with Crippen LogP contribution in [0.15, 0.2) is 53.3 Å². The van der Waals surface area contributed by atoms with E-state index in [9.17, 15) is 9.59 Å². The first-order chi connectivity index (χ1) is 12.5. The summed E-state index contributed by atoms with van der Waals surface area (Å²) in [5, 5.41) is 5.13. The minimum atomic E-state index is -0.423. The highest BCUT2D eigenvalue weighted by atomic mass is 16.2. The fourth-order valence-corrected chi connectivity index (χ4v) is 3.05. The minimum Gasteiger partial charge on any atom is -0.346 e. The number of carbonyl (C=O) groups excluding carboxylic acids is 1. The molecule has 1 amide bonds. The number of amides is 1. The van der Waals surface area contributed by atoms with Crippen LogP contribution in [0.3, 0.4) is 0 Å². The number of hydrogen-bond donors (Lipinski definition) is 2. The predicted octanol–water partition coefficient (Wildman–Crippen LogP) is 1.83. The number of rotatable bonds is 5. The average molecular weight is 350 g/mol. The zero-order valence-electron chi connectivity index (χ0n) is 14.9. The summed E-state index contributed by atoms with van der Waals surface area (Å²) in [4.78, 5) is 28.4. The zero-order valence-corrected chi connectivity index (χ0v) is 14.9. The lowest BCUT2D eigenvalue weighted by molar-refractivity contribution is -0.122. The molecular formula is C20H22N4O2. The van der Waals surface area contributed by atoms with E-state index in [1.807, 2.05) is 42.5 Å². The molecule has 0 aliphatic rings. The maximum atomic E-state index is 12.5. The van der Waals surface area contributed by atoms with Crippen molar-refractivity contribution in [2.24, 2.45) is 5.73 Å². The molecule has 6 heteroatoms. The molecule has 2 aromatic carbocycles. The summed E-state index contributed by atoms with van der Waals surface area (Å²) in [5.74, 6) is -0.274. The van der Waals surface area contributed by atoms with Crippen LogP contribution in [0, 0.1) is 13.8 Å². The number of aromatic nitrogens is 2. The number of nitrogens with two attached hydrogens (primary N) is 1. The van der Waals surface area contributed by atoms with E-state index >= 15 is 0 Å². The molecule has 3 N–H and O–H groups in total. The van der Waals surface area contributed by atoms with Crippen molar-refractivity contribution in [3.8, 4) is 0 Å². The highest BCUT2D eigenvalue weighted by Gasteiger charge is 2.15. The smallest absolute Gasteiger partial charge is 0.346 e. The minimum absolute atomic E-state index is 0.0813. The van der Waals surface area contributed by atoms with E-state index in [1.165, 1.54) is 4.57 Å². The van der Waals surface area contributed by atoms with Crippen LogP contribution in [0.1, 0.15) is 23.0 Å². The second kappa shape index (κ2) is 7.49.